The fraction of sp³-hybridized carbons (Fsp3) is 1.00. The first-order chi connectivity index (χ1) is 11.2. The number of fused-ring (bicyclic) bond motifs is 4. The van der Waals surface area contributed by atoms with E-state index >= 15 is 0 Å². The van der Waals surface area contributed by atoms with Crippen LogP contribution in [-0.2, 0) is 0 Å². The van der Waals surface area contributed by atoms with Crippen molar-refractivity contribution in [1.29, 1.82) is 0 Å². The predicted octanol–water partition coefficient (Wildman–Crippen LogP) is 4.55. The van der Waals surface area contributed by atoms with Gasteiger partial charge in [0.25, 0.3) is 0 Å². The Morgan fingerprint density at radius 1 is 1.04 bits per heavy atom. The van der Waals surface area contributed by atoms with Crippen molar-refractivity contribution in [2.45, 2.75) is 79.2 Å². The normalized spacial score (nSPS) is 45.9. The molecule has 1 aliphatic heterocycles. The van der Waals surface area contributed by atoms with Crippen LogP contribution in [0.4, 0.5) is 0 Å². The Morgan fingerprint density at radius 3 is 2.54 bits per heavy atom. The van der Waals surface area contributed by atoms with Crippen LogP contribution < -0.4 is 5.32 Å². The summed E-state index contributed by atoms with van der Waals surface area (Å²) in [6.45, 7) is 17.6. The zero-order valence-electron chi connectivity index (χ0n) is 16.8. The van der Waals surface area contributed by atoms with E-state index < -0.39 is 0 Å². The van der Waals surface area contributed by atoms with Crippen LogP contribution in [0.15, 0.2) is 0 Å². The average Bonchev–Trinajstić information content (AvgIpc) is 2.72. The van der Waals surface area contributed by atoms with E-state index in [4.69, 9.17) is 0 Å². The minimum Gasteiger partial charge on any atom is -0.315 e. The fourth-order valence-electron chi connectivity index (χ4n) is 7.56. The molecule has 0 radical (unpaired) electrons. The summed E-state index contributed by atoms with van der Waals surface area (Å²) in [5.41, 5.74) is 1.77. The van der Waals surface area contributed by atoms with Crippen LogP contribution in [0.2, 0.25) is 0 Å². The lowest BCUT2D eigenvalue weighted by molar-refractivity contribution is -0.103. The molecule has 1 heterocycles. The molecule has 1 N–H and O–H groups in total. The third-order valence-electron chi connectivity index (χ3n) is 8.51. The molecule has 0 aromatic rings. The van der Waals surface area contributed by atoms with Crippen LogP contribution >= 0.6 is 0 Å². The van der Waals surface area contributed by atoms with Gasteiger partial charge in [-0.05, 0) is 79.1 Å². The third-order valence-corrected chi connectivity index (χ3v) is 8.51. The number of nitrogens with one attached hydrogen (secondary N) is 1. The third kappa shape index (κ3) is 2.96. The Labute approximate surface area is 150 Å². The van der Waals surface area contributed by atoms with Crippen LogP contribution in [-0.4, -0.2) is 37.1 Å². The zero-order valence-corrected chi connectivity index (χ0v) is 16.8. The lowest BCUT2D eigenvalue weighted by atomic mass is 9.45. The molecule has 2 heteroatoms. The van der Waals surface area contributed by atoms with E-state index in [2.05, 4.69) is 44.8 Å². The molecule has 2 unspecified atom stereocenters. The van der Waals surface area contributed by atoms with E-state index in [0.29, 0.717) is 16.2 Å². The highest BCUT2D eigenvalue weighted by Gasteiger charge is 2.54. The molecule has 5 atom stereocenters. The van der Waals surface area contributed by atoms with Crippen LogP contribution in [0.3, 0.4) is 0 Å². The van der Waals surface area contributed by atoms with E-state index in [1.54, 1.807) is 0 Å². The summed E-state index contributed by atoms with van der Waals surface area (Å²) >= 11 is 0. The molecule has 4 saturated carbocycles. The summed E-state index contributed by atoms with van der Waals surface area (Å²) < 4.78 is 0. The van der Waals surface area contributed by atoms with E-state index in [0.717, 1.165) is 23.8 Å². The van der Waals surface area contributed by atoms with Gasteiger partial charge in [0, 0.05) is 25.7 Å². The Kier molecular flexibility index (Phi) is 4.12. The second-order valence-electron chi connectivity index (χ2n) is 11.6. The van der Waals surface area contributed by atoms with Gasteiger partial charge in [0.15, 0.2) is 0 Å². The smallest absolute Gasteiger partial charge is 0.0110 e. The number of likely N-dealkylation sites (tertiary alicyclic amines) is 1. The van der Waals surface area contributed by atoms with Gasteiger partial charge in [-0.25, -0.2) is 0 Å². The second-order valence-corrected chi connectivity index (χ2v) is 11.6. The van der Waals surface area contributed by atoms with Crippen molar-refractivity contribution in [3.05, 3.63) is 0 Å². The van der Waals surface area contributed by atoms with E-state index in [1.807, 2.05) is 0 Å². The summed E-state index contributed by atoms with van der Waals surface area (Å²) in [7, 11) is 0. The van der Waals surface area contributed by atoms with Crippen molar-refractivity contribution in [2.75, 3.05) is 26.2 Å². The number of rotatable bonds is 5. The van der Waals surface area contributed by atoms with E-state index in [9.17, 15) is 0 Å². The molecule has 5 aliphatic rings. The van der Waals surface area contributed by atoms with Gasteiger partial charge in [0.05, 0.1) is 0 Å². The fourth-order valence-corrected chi connectivity index (χ4v) is 7.56. The van der Waals surface area contributed by atoms with Crippen molar-refractivity contribution in [3.63, 3.8) is 0 Å². The molecule has 1 saturated heterocycles. The van der Waals surface area contributed by atoms with Gasteiger partial charge >= 0.3 is 0 Å². The van der Waals surface area contributed by atoms with Crippen molar-refractivity contribution in [1.82, 2.24) is 10.2 Å². The molecule has 0 aromatic heterocycles. The highest BCUT2D eigenvalue weighted by molar-refractivity contribution is 5.04. The Hall–Kier alpha value is -0.0800. The van der Waals surface area contributed by atoms with Gasteiger partial charge < -0.3 is 5.32 Å². The second kappa shape index (κ2) is 5.71. The molecule has 0 spiro atoms. The largest absolute Gasteiger partial charge is 0.315 e. The minimum absolute atomic E-state index is 0.550. The lowest BCUT2D eigenvalue weighted by Gasteiger charge is -2.60. The van der Waals surface area contributed by atoms with E-state index in [-0.39, 0.29) is 0 Å². The topological polar surface area (TPSA) is 15.3 Å². The lowest BCUT2D eigenvalue weighted by Crippen LogP contribution is -2.54. The quantitative estimate of drug-likeness (QED) is 0.743. The van der Waals surface area contributed by atoms with Gasteiger partial charge in [0.2, 0.25) is 0 Å². The Bertz CT molecular complexity index is 480. The molecule has 0 amide bonds. The van der Waals surface area contributed by atoms with Gasteiger partial charge in [0.1, 0.15) is 0 Å². The molecule has 5 rings (SSSR count). The van der Waals surface area contributed by atoms with Gasteiger partial charge in [-0.3, -0.25) is 4.90 Å². The average molecular weight is 333 g/mol. The summed E-state index contributed by atoms with van der Waals surface area (Å²) in [5, 5.41) is 3.85. The highest BCUT2D eigenvalue weighted by Crippen LogP contribution is 2.61. The molecule has 4 aliphatic carbocycles. The Balaban J connectivity index is 1.23. The summed E-state index contributed by atoms with van der Waals surface area (Å²) in [6, 6.07) is 0.849. The summed E-state index contributed by atoms with van der Waals surface area (Å²) in [4.78, 5) is 2.81. The maximum atomic E-state index is 3.85. The first kappa shape index (κ1) is 17.3. The molecular formula is C22H40N2. The minimum atomic E-state index is 0.550. The van der Waals surface area contributed by atoms with Gasteiger partial charge in [-0.15, -0.1) is 0 Å². The van der Waals surface area contributed by atoms with Crippen molar-refractivity contribution in [2.24, 2.45) is 34.0 Å². The van der Waals surface area contributed by atoms with Crippen molar-refractivity contribution >= 4 is 0 Å². The maximum absolute atomic E-state index is 3.85. The van der Waals surface area contributed by atoms with E-state index in [1.165, 1.54) is 64.7 Å². The van der Waals surface area contributed by atoms with Crippen LogP contribution in [0.5, 0.6) is 0 Å². The van der Waals surface area contributed by atoms with Gasteiger partial charge in [-0.2, -0.15) is 0 Å². The number of nitrogens with zero attached hydrogens (tertiary/aromatic N) is 1. The molecular weight excluding hydrogens is 292 g/mol. The Morgan fingerprint density at radius 2 is 1.83 bits per heavy atom. The maximum Gasteiger partial charge on any atom is 0.0110 e. The highest BCUT2D eigenvalue weighted by atomic mass is 15.2. The van der Waals surface area contributed by atoms with Gasteiger partial charge in [-0.1, -0.05) is 34.6 Å². The number of hydrogen-bond acceptors (Lipinski definition) is 2. The molecule has 2 nitrogen and oxygen atoms in total. The van der Waals surface area contributed by atoms with Crippen LogP contribution in [0.1, 0.15) is 73.1 Å². The summed E-state index contributed by atoms with van der Waals surface area (Å²) in [6.07, 6.45) is 8.74. The standard InChI is InChI=1S/C22H40N2/c1-20(2)11-18-12-22(5,14-20)15-24(18)9-8-23-13-16-6-7-17-10-19(16)21(17,3)4/h16-19,23H,6-15H2,1-5H3/t16-,17-,18?,19-,22?/m0/s1. The molecule has 24 heavy (non-hydrogen) atoms. The molecule has 0 aromatic carbocycles. The first-order valence-electron chi connectivity index (χ1n) is 10.6. The molecule has 5 fully saturated rings. The molecule has 138 valence electrons. The first-order valence-corrected chi connectivity index (χ1v) is 10.6. The zero-order chi connectivity index (χ0) is 17.2. The number of hydrogen-bond donors (Lipinski definition) is 1. The molecule has 4 bridgehead atoms. The van der Waals surface area contributed by atoms with Crippen LogP contribution in [0.25, 0.3) is 0 Å². The van der Waals surface area contributed by atoms with Crippen molar-refractivity contribution in [3.8, 4) is 0 Å². The monoisotopic (exact) mass is 332 g/mol. The predicted molar refractivity (Wildman–Crippen MR) is 102 cm³/mol. The van der Waals surface area contributed by atoms with Crippen LogP contribution in [0, 0.1) is 34.0 Å². The SMILES string of the molecule is CC1(C)CC2CC(C)(CN2CCNC[C@@H]2CC[C@H]3C[C@@H]2C3(C)C)C1. The summed E-state index contributed by atoms with van der Waals surface area (Å²) in [5.74, 6) is 2.97. The van der Waals surface area contributed by atoms with Crippen molar-refractivity contribution < 1.29 is 0 Å².